The summed E-state index contributed by atoms with van der Waals surface area (Å²) in [5.41, 5.74) is 6.04. The van der Waals surface area contributed by atoms with E-state index in [4.69, 9.17) is 10.5 Å². The summed E-state index contributed by atoms with van der Waals surface area (Å²) >= 11 is 0.777. The number of aromatic nitrogens is 3. The number of benzene rings is 1. The van der Waals surface area contributed by atoms with Crippen LogP contribution < -0.4 is 21.1 Å². The van der Waals surface area contributed by atoms with Gasteiger partial charge in [-0.15, -0.1) is 0 Å². The van der Waals surface area contributed by atoms with Gasteiger partial charge in [-0.2, -0.15) is 4.37 Å². The summed E-state index contributed by atoms with van der Waals surface area (Å²) in [4.78, 5) is 30.8. The first kappa shape index (κ1) is 21.2. The fraction of sp³-hybridized carbons (Fsp3) is 0.222. The topological polar surface area (TPSA) is 135 Å². The Labute approximate surface area is 173 Å². The molecule has 5 N–H and O–H groups in total. The molecule has 1 atom stereocenters. The Hall–Kier alpha value is -3.54. The van der Waals surface area contributed by atoms with Crippen molar-refractivity contribution in [2.45, 2.75) is 19.4 Å². The number of hydrogen-bond donors (Lipinski definition) is 4. The van der Waals surface area contributed by atoms with Crippen molar-refractivity contribution in [1.29, 1.82) is 0 Å². The van der Waals surface area contributed by atoms with Crippen molar-refractivity contribution >= 4 is 28.5 Å². The first-order valence-electron chi connectivity index (χ1n) is 8.79. The summed E-state index contributed by atoms with van der Waals surface area (Å²) in [6.07, 6.45) is 2.74. The molecule has 0 bridgehead atoms. The second-order valence-corrected chi connectivity index (χ2v) is 6.94. The third-order valence-corrected chi connectivity index (χ3v) is 4.82. The van der Waals surface area contributed by atoms with E-state index in [0.29, 0.717) is 13.0 Å². The second kappa shape index (κ2) is 9.31. The number of amides is 3. The maximum absolute atomic E-state index is 14.0. The van der Waals surface area contributed by atoms with Crippen LogP contribution in [0.3, 0.4) is 0 Å². The molecule has 0 aliphatic carbocycles. The van der Waals surface area contributed by atoms with Gasteiger partial charge in [0.05, 0.1) is 6.33 Å². The maximum atomic E-state index is 14.0. The summed E-state index contributed by atoms with van der Waals surface area (Å²) in [6.45, 7) is 1.79. The fourth-order valence-electron chi connectivity index (χ4n) is 2.60. The van der Waals surface area contributed by atoms with E-state index in [9.17, 15) is 18.4 Å². The number of H-pyrrole nitrogens is 1. The lowest BCUT2D eigenvalue weighted by Gasteiger charge is -2.15. The molecular weight excluding hydrogens is 418 g/mol. The molecule has 0 radical (unpaired) electrons. The van der Waals surface area contributed by atoms with E-state index < -0.39 is 29.7 Å². The molecule has 0 aliphatic heterocycles. The van der Waals surface area contributed by atoms with Crippen molar-refractivity contribution in [3.05, 3.63) is 59.2 Å². The minimum Gasteiger partial charge on any atom is -0.468 e. The van der Waals surface area contributed by atoms with Crippen molar-refractivity contribution in [3.63, 3.8) is 0 Å². The number of hydrogen-bond acceptors (Lipinski definition) is 6. The van der Waals surface area contributed by atoms with Crippen molar-refractivity contribution < 1.29 is 23.1 Å². The molecule has 1 unspecified atom stereocenters. The van der Waals surface area contributed by atoms with Crippen LogP contribution >= 0.6 is 11.5 Å². The smallest absolute Gasteiger partial charge is 0.319 e. The predicted molar refractivity (Wildman–Crippen MR) is 105 cm³/mol. The first-order chi connectivity index (χ1) is 14.4. The molecule has 30 heavy (non-hydrogen) atoms. The molecule has 0 fully saturated rings. The predicted octanol–water partition coefficient (Wildman–Crippen LogP) is 2.75. The Kier molecular flexibility index (Phi) is 6.57. The third-order valence-electron chi connectivity index (χ3n) is 4.08. The number of carbonyl (C=O) groups excluding carboxylic acids is 2. The van der Waals surface area contributed by atoms with Crippen LogP contribution in [0.4, 0.5) is 18.6 Å². The molecule has 0 saturated carbocycles. The standard InChI is InChI=1S/C18H18F2N6O3S/c1-9(11-3-2-4-12(19)14(11)20)29-16-13(15(21)27)17(30-26-16)25-18(28)23-6-5-10-7-22-8-24-10/h2-4,7-9H,5-6H2,1H3,(H2,21,27)(H,22,24)(H2,23,25,28). The Morgan fingerprint density at radius 1 is 1.37 bits per heavy atom. The quantitative estimate of drug-likeness (QED) is 0.431. The highest BCUT2D eigenvalue weighted by Gasteiger charge is 2.25. The van der Waals surface area contributed by atoms with Gasteiger partial charge >= 0.3 is 6.03 Å². The average Bonchev–Trinajstić information content (AvgIpc) is 3.34. The molecule has 0 saturated heterocycles. The van der Waals surface area contributed by atoms with Gasteiger partial charge in [0, 0.05) is 30.4 Å². The SMILES string of the molecule is CC(Oc1nsc(NC(=O)NCCc2cnc[nH]2)c1C(N)=O)c1cccc(F)c1F. The zero-order valence-electron chi connectivity index (χ0n) is 15.7. The number of primary amides is 1. The zero-order chi connectivity index (χ0) is 21.7. The van der Waals surface area contributed by atoms with Gasteiger partial charge in [0.2, 0.25) is 5.88 Å². The van der Waals surface area contributed by atoms with Crippen LogP contribution in [0.25, 0.3) is 0 Å². The van der Waals surface area contributed by atoms with Crippen LogP contribution in [-0.2, 0) is 6.42 Å². The van der Waals surface area contributed by atoms with E-state index in [1.165, 1.54) is 25.4 Å². The van der Waals surface area contributed by atoms with Crippen LogP contribution in [0, 0.1) is 11.6 Å². The maximum Gasteiger partial charge on any atom is 0.319 e. The third kappa shape index (κ3) is 4.89. The highest BCUT2D eigenvalue weighted by Crippen LogP contribution is 2.33. The van der Waals surface area contributed by atoms with Gasteiger partial charge in [-0.25, -0.2) is 18.6 Å². The van der Waals surface area contributed by atoms with Gasteiger partial charge in [-0.05, 0) is 24.5 Å². The summed E-state index contributed by atoms with van der Waals surface area (Å²) in [6, 6.07) is 3.10. The first-order valence-corrected chi connectivity index (χ1v) is 9.56. The van der Waals surface area contributed by atoms with Crippen LogP contribution in [-0.4, -0.2) is 32.8 Å². The minimum atomic E-state index is -1.06. The molecule has 3 amide bonds. The molecule has 2 aromatic heterocycles. The monoisotopic (exact) mass is 436 g/mol. The number of carbonyl (C=O) groups is 2. The Morgan fingerprint density at radius 2 is 2.17 bits per heavy atom. The van der Waals surface area contributed by atoms with Crippen LogP contribution in [0.15, 0.2) is 30.7 Å². The highest BCUT2D eigenvalue weighted by atomic mass is 32.1. The molecule has 2 heterocycles. The Morgan fingerprint density at radius 3 is 2.87 bits per heavy atom. The summed E-state index contributed by atoms with van der Waals surface area (Å²) in [5.74, 6) is -3.16. The van der Waals surface area contributed by atoms with E-state index in [0.717, 1.165) is 23.3 Å². The van der Waals surface area contributed by atoms with Gasteiger partial charge in [0.15, 0.2) is 11.6 Å². The summed E-state index contributed by atoms with van der Waals surface area (Å²) < 4.78 is 36.9. The number of ether oxygens (including phenoxy) is 1. The van der Waals surface area contributed by atoms with Crippen LogP contribution in [0.5, 0.6) is 5.88 Å². The molecule has 1 aromatic carbocycles. The lowest BCUT2D eigenvalue weighted by atomic mass is 10.1. The number of nitrogens with two attached hydrogens (primary N) is 1. The number of rotatable bonds is 8. The van der Waals surface area contributed by atoms with E-state index in [2.05, 4.69) is 25.0 Å². The lowest BCUT2D eigenvalue weighted by Crippen LogP contribution is -2.31. The van der Waals surface area contributed by atoms with Gasteiger partial charge in [-0.1, -0.05) is 12.1 Å². The lowest BCUT2D eigenvalue weighted by molar-refractivity contribution is 0.0994. The molecule has 3 rings (SSSR count). The number of nitrogens with one attached hydrogen (secondary N) is 3. The van der Waals surface area contributed by atoms with Crippen molar-refractivity contribution in [1.82, 2.24) is 19.7 Å². The fourth-order valence-corrected chi connectivity index (χ4v) is 3.33. The Bertz CT molecular complexity index is 1040. The van der Waals surface area contributed by atoms with E-state index >= 15 is 0 Å². The summed E-state index contributed by atoms with van der Waals surface area (Å²) in [7, 11) is 0. The average molecular weight is 436 g/mol. The number of imidazole rings is 1. The van der Waals surface area contributed by atoms with Crippen molar-refractivity contribution in [3.8, 4) is 5.88 Å². The molecule has 9 nitrogen and oxygen atoms in total. The molecule has 3 aromatic rings. The Balaban J connectivity index is 1.67. The largest absolute Gasteiger partial charge is 0.468 e. The summed E-state index contributed by atoms with van der Waals surface area (Å²) in [5, 5.41) is 5.19. The number of aromatic amines is 1. The van der Waals surface area contributed by atoms with E-state index in [-0.39, 0.29) is 22.0 Å². The minimum absolute atomic E-state index is 0.0514. The van der Waals surface area contributed by atoms with E-state index in [1.54, 1.807) is 6.20 Å². The molecule has 12 heteroatoms. The van der Waals surface area contributed by atoms with Gasteiger partial charge in [0.25, 0.3) is 5.91 Å². The van der Waals surface area contributed by atoms with Crippen LogP contribution in [0.1, 0.15) is 34.6 Å². The van der Waals surface area contributed by atoms with Gasteiger partial charge in [-0.3, -0.25) is 10.1 Å². The molecule has 158 valence electrons. The second-order valence-electron chi connectivity index (χ2n) is 6.17. The van der Waals surface area contributed by atoms with E-state index in [1.807, 2.05) is 0 Å². The molecule has 0 spiro atoms. The number of urea groups is 1. The zero-order valence-corrected chi connectivity index (χ0v) is 16.6. The van der Waals surface area contributed by atoms with Gasteiger partial charge < -0.3 is 20.8 Å². The molecular formula is C18H18F2N6O3S. The van der Waals surface area contributed by atoms with Gasteiger partial charge in [0.1, 0.15) is 16.7 Å². The van der Waals surface area contributed by atoms with Crippen LogP contribution in [0.2, 0.25) is 0 Å². The normalized spacial score (nSPS) is 11.7. The highest BCUT2D eigenvalue weighted by molar-refractivity contribution is 7.11. The molecule has 0 aliphatic rings. The number of halogens is 2. The van der Waals surface area contributed by atoms with Crippen molar-refractivity contribution in [2.24, 2.45) is 5.73 Å². The van der Waals surface area contributed by atoms with Crippen molar-refractivity contribution in [2.75, 3.05) is 11.9 Å². The number of anilines is 1. The number of nitrogens with zero attached hydrogens (tertiary/aromatic N) is 2.